The molecular formula is C13H19FN2O2S. The largest absolute Gasteiger partial charge is 0.384 e. The van der Waals surface area contributed by atoms with Gasteiger partial charge in [-0.05, 0) is 31.7 Å². The Hall–Kier alpha value is -1.14. The molecule has 2 rings (SSSR count). The van der Waals surface area contributed by atoms with E-state index in [9.17, 15) is 12.8 Å². The monoisotopic (exact) mass is 286 g/mol. The summed E-state index contributed by atoms with van der Waals surface area (Å²) in [5.74, 6) is 0.281. The predicted molar refractivity (Wildman–Crippen MR) is 74.6 cm³/mol. The maximum atomic E-state index is 13.0. The van der Waals surface area contributed by atoms with E-state index in [0.29, 0.717) is 18.7 Å². The first-order valence-corrected chi connectivity index (χ1v) is 8.18. The Balaban J connectivity index is 1.77. The predicted octanol–water partition coefficient (Wildman–Crippen LogP) is 1.36. The minimum atomic E-state index is -2.83. The van der Waals surface area contributed by atoms with Crippen LogP contribution in [-0.4, -0.2) is 51.0 Å². The third-order valence-electron chi connectivity index (χ3n) is 3.45. The van der Waals surface area contributed by atoms with Crippen molar-refractivity contribution in [3.63, 3.8) is 0 Å². The summed E-state index contributed by atoms with van der Waals surface area (Å²) in [6.07, 6.45) is 0.707. The van der Waals surface area contributed by atoms with Crippen LogP contribution in [-0.2, 0) is 9.84 Å². The summed E-state index contributed by atoms with van der Waals surface area (Å²) >= 11 is 0. The third-order valence-corrected chi connectivity index (χ3v) is 5.20. The second kappa shape index (κ2) is 5.88. The van der Waals surface area contributed by atoms with E-state index in [1.807, 2.05) is 13.1 Å². The molecule has 1 heterocycles. The van der Waals surface area contributed by atoms with Crippen LogP contribution >= 0.6 is 0 Å². The van der Waals surface area contributed by atoms with Crippen molar-refractivity contribution in [1.82, 2.24) is 4.90 Å². The van der Waals surface area contributed by atoms with Crippen LogP contribution in [0.2, 0.25) is 0 Å². The van der Waals surface area contributed by atoms with Crippen molar-refractivity contribution in [2.45, 2.75) is 12.5 Å². The highest BCUT2D eigenvalue weighted by atomic mass is 32.2. The maximum absolute atomic E-state index is 13.0. The Bertz CT molecular complexity index is 533. The maximum Gasteiger partial charge on any atom is 0.151 e. The van der Waals surface area contributed by atoms with E-state index in [2.05, 4.69) is 10.2 Å². The summed E-state index contributed by atoms with van der Waals surface area (Å²) in [5.41, 5.74) is 0.743. The minimum Gasteiger partial charge on any atom is -0.384 e. The van der Waals surface area contributed by atoms with Crippen LogP contribution in [0.25, 0.3) is 0 Å². The van der Waals surface area contributed by atoms with Gasteiger partial charge in [-0.3, -0.25) is 0 Å². The molecule has 0 amide bonds. The lowest BCUT2D eigenvalue weighted by molar-refractivity contribution is 0.272. The molecule has 1 aliphatic heterocycles. The molecule has 1 saturated heterocycles. The van der Waals surface area contributed by atoms with Gasteiger partial charge in [-0.15, -0.1) is 0 Å². The lowest BCUT2D eigenvalue weighted by Crippen LogP contribution is -2.36. The van der Waals surface area contributed by atoms with Gasteiger partial charge in [0.15, 0.2) is 9.84 Å². The molecule has 19 heavy (non-hydrogen) atoms. The van der Waals surface area contributed by atoms with Crippen LogP contribution in [0.1, 0.15) is 6.42 Å². The number of hydrogen-bond acceptors (Lipinski definition) is 4. The lowest BCUT2D eigenvalue weighted by atomic mass is 10.2. The second-order valence-electron chi connectivity index (χ2n) is 4.97. The molecule has 1 fully saturated rings. The molecule has 1 atom stereocenters. The van der Waals surface area contributed by atoms with Gasteiger partial charge in [-0.25, -0.2) is 12.8 Å². The standard InChI is InChI=1S/C13H19FN2O2S/c1-16(13-5-8-19(17,18)10-13)7-6-15-12-4-2-3-11(14)9-12/h2-4,9,13,15H,5-8,10H2,1H3. The van der Waals surface area contributed by atoms with Gasteiger partial charge >= 0.3 is 0 Å². The van der Waals surface area contributed by atoms with Crippen molar-refractivity contribution in [2.24, 2.45) is 0 Å². The summed E-state index contributed by atoms with van der Waals surface area (Å²) in [4.78, 5) is 2.05. The molecule has 0 aliphatic carbocycles. The van der Waals surface area contributed by atoms with Crippen molar-refractivity contribution < 1.29 is 12.8 Å². The summed E-state index contributed by atoms with van der Waals surface area (Å²) in [6, 6.07) is 6.42. The highest BCUT2D eigenvalue weighted by molar-refractivity contribution is 7.91. The van der Waals surface area contributed by atoms with Crippen LogP contribution < -0.4 is 5.32 Å². The number of rotatable bonds is 5. The molecule has 0 spiro atoms. The number of nitrogens with zero attached hydrogens (tertiary/aromatic N) is 1. The summed E-state index contributed by atoms with van der Waals surface area (Å²) < 4.78 is 35.8. The van der Waals surface area contributed by atoms with Crippen molar-refractivity contribution >= 4 is 15.5 Å². The van der Waals surface area contributed by atoms with E-state index < -0.39 is 9.84 Å². The average Bonchev–Trinajstić information content (AvgIpc) is 2.70. The zero-order valence-electron chi connectivity index (χ0n) is 11.0. The Morgan fingerprint density at radius 1 is 1.47 bits per heavy atom. The molecule has 4 nitrogen and oxygen atoms in total. The van der Waals surface area contributed by atoms with Gasteiger partial charge in [0.1, 0.15) is 5.82 Å². The van der Waals surface area contributed by atoms with Gasteiger partial charge in [0.2, 0.25) is 0 Å². The second-order valence-corrected chi connectivity index (χ2v) is 7.20. The number of nitrogens with one attached hydrogen (secondary N) is 1. The normalized spacial score (nSPS) is 21.7. The van der Waals surface area contributed by atoms with Crippen molar-refractivity contribution in [1.29, 1.82) is 0 Å². The molecule has 1 aromatic carbocycles. The highest BCUT2D eigenvalue weighted by Gasteiger charge is 2.30. The molecule has 106 valence electrons. The zero-order chi connectivity index (χ0) is 13.9. The number of sulfone groups is 1. The van der Waals surface area contributed by atoms with Gasteiger partial charge in [0.05, 0.1) is 11.5 Å². The Kier molecular flexibility index (Phi) is 4.42. The van der Waals surface area contributed by atoms with Crippen LogP contribution in [0.5, 0.6) is 0 Å². The highest BCUT2D eigenvalue weighted by Crippen LogP contribution is 2.16. The zero-order valence-corrected chi connectivity index (χ0v) is 11.8. The van der Waals surface area contributed by atoms with Crippen LogP contribution in [0.3, 0.4) is 0 Å². The molecule has 0 saturated carbocycles. The molecule has 1 aliphatic rings. The average molecular weight is 286 g/mol. The fourth-order valence-electron chi connectivity index (χ4n) is 2.28. The van der Waals surface area contributed by atoms with Crippen LogP contribution in [0.4, 0.5) is 10.1 Å². The Morgan fingerprint density at radius 2 is 2.26 bits per heavy atom. The van der Waals surface area contributed by atoms with Crippen molar-refractivity contribution in [2.75, 3.05) is 37.0 Å². The topological polar surface area (TPSA) is 49.4 Å². The van der Waals surface area contributed by atoms with E-state index in [1.165, 1.54) is 12.1 Å². The number of anilines is 1. The minimum absolute atomic E-state index is 0.110. The van der Waals surface area contributed by atoms with Gasteiger partial charge < -0.3 is 10.2 Å². The van der Waals surface area contributed by atoms with Gasteiger partial charge in [-0.1, -0.05) is 6.07 Å². The summed E-state index contributed by atoms with van der Waals surface area (Å²) in [6.45, 7) is 1.40. The first-order valence-electron chi connectivity index (χ1n) is 6.36. The fraction of sp³-hybridized carbons (Fsp3) is 0.538. The number of halogens is 1. The third kappa shape index (κ3) is 4.18. The van der Waals surface area contributed by atoms with Crippen LogP contribution in [0.15, 0.2) is 24.3 Å². The summed E-state index contributed by atoms with van der Waals surface area (Å²) in [5, 5.41) is 3.13. The molecule has 1 N–H and O–H groups in total. The molecule has 0 bridgehead atoms. The van der Waals surface area contributed by atoms with E-state index in [4.69, 9.17) is 0 Å². The van der Waals surface area contributed by atoms with Gasteiger partial charge in [0.25, 0.3) is 0 Å². The van der Waals surface area contributed by atoms with Gasteiger partial charge in [-0.2, -0.15) is 0 Å². The fourth-order valence-corrected chi connectivity index (χ4v) is 4.09. The number of benzene rings is 1. The molecular weight excluding hydrogens is 267 g/mol. The van der Waals surface area contributed by atoms with Crippen LogP contribution in [0, 0.1) is 5.82 Å². The molecule has 6 heteroatoms. The smallest absolute Gasteiger partial charge is 0.151 e. The molecule has 0 radical (unpaired) electrons. The Morgan fingerprint density at radius 3 is 2.89 bits per heavy atom. The molecule has 0 aromatic heterocycles. The van der Waals surface area contributed by atoms with E-state index >= 15 is 0 Å². The first kappa shape index (κ1) is 14.3. The molecule has 1 unspecified atom stereocenters. The van der Waals surface area contributed by atoms with E-state index in [1.54, 1.807) is 6.07 Å². The first-order chi connectivity index (χ1) is 8.96. The van der Waals surface area contributed by atoms with E-state index in [-0.39, 0.29) is 17.6 Å². The Labute approximate surface area is 113 Å². The van der Waals surface area contributed by atoms with E-state index in [0.717, 1.165) is 12.2 Å². The lowest BCUT2D eigenvalue weighted by Gasteiger charge is -2.23. The van der Waals surface area contributed by atoms with Crippen molar-refractivity contribution in [3.8, 4) is 0 Å². The number of likely N-dealkylation sites (N-methyl/N-ethyl adjacent to an activating group) is 1. The van der Waals surface area contributed by atoms with Gasteiger partial charge in [0, 0.05) is 24.8 Å². The SMILES string of the molecule is CN(CCNc1cccc(F)c1)C1CCS(=O)(=O)C1. The molecule has 1 aromatic rings. The van der Waals surface area contributed by atoms with Crippen molar-refractivity contribution in [3.05, 3.63) is 30.1 Å². The quantitative estimate of drug-likeness (QED) is 0.888. The number of hydrogen-bond donors (Lipinski definition) is 1. The summed E-state index contributed by atoms with van der Waals surface area (Å²) in [7, 11) is -0.906.